The van der Waals surface area contributed by atoms with Crippen molar-refractivity contribution in [1.29, 1.82) is 5.26 Å². The van der Waals surface area contributed by atoms with Gasteiger partial charge in [-0.3, -0.25) is 14.5 Å². The number of nitrogens with zero attached hydrogens (tertiary/aromatic N) is 2. The number of hydrogen-bond acceptors (Lipinski definition) is 6. The molecular weight excluding hydrogens is 320 g/mol. The molecule has 0 spiro atoms. The van der Waals surface area contributed by atoms with E-state index in [1.165, 1.54) is 0 Å². The summed E-state index contributed by atoms with van der Waals surface area (Å²) in [7, 11) is 0. The van der Waals surface area contributed by atoms with Crippen LogP contribution in [0.25, 0.3) is 0 Å². The number of piperidine rings is 1. The Morgan fingerprint density at radius 2 is 1.92 bits per heavy atom. The zero-order valence-corrected chi connectivity index (χ0v) is 16.2. The van der Waals surface area contributed by atoms with Crippen LogP contribution in [0.15, 0.2) is 0 Å². The maximum Gasteiger partial charge on any atom is 0.330 e. The highest BCUT2D eigenvalue weighted by Crippen LogP contribution is 2.57. The minimum absolute atomic E-state index is 0.0320. The van der Waals surface area contributed by atoms with Crippen LogP contribution in [0.5, 0.6) is 0 Å². The Morgan fingerprint density at radius 1 is 1.32 bits per heavy atom. The fourth-order valence-corrected chi connectivity index (χ4v) is 4.37. The number of ether oxygens (including phenoxy) is 2. The van der Waals surface area contributed by atoms with Gasteiger partial charge < -0.3 is 9.47 Å². The van der Waals surface area contributed by atoms with Gasteiger partial charge in [0.1, 0.15) is 0 Å². The summed E-state index contributed by atoms with van der Waals surface area (Å²) in [6.07, 6.45) is -0.388. The minimum Gasteiger partial charge on any atom is -0.454 e. The lowest BCUT2D eigenvalue weighted by Gasteiger charge is -2.60. The molecule has 0 bridgehead atoms. The van der Waals surface area contributed by atoms with Crippen LogP contribution in [0, 0.1) is 33.0 Å². The van der Waals surface area contributed by atoms with Crippen molar-refractivity contribution >= 4 is 11.9 Å². The molecule has 3 aliphatic rings. The SMILES string of the molecule is CC(C)(C)CC(C)(C(=O)OC1C2OC(=O)C3(C#N)CN1C23)C(C)(C)C. The van der Waals surface area contributed by atoms with Gasteiger partial charge in [-0.1, -0.05) is 41.5 Å². The Kier molecular flexibility index (Phi) is 3.62. The van der Waals surface area contributed by atoms with Crippen LogP contribution < -0.4 is 0 Å². The normalized spacial score (nSPS) is 36.2. The van der Waals surface area contributed by atoms with Gasteiger partial charge in [0.15, 0.2) is 17.7 Å². The lowest BCUT2D eigenvalue weighted by Crippen LogP contribution is -2.81. The molecule has 3 saturated heterocycles. The van der Waals surface area contributed by atoms with E-state index >= 15 is 0 Å². The van der Waals surface area contributed by atoms with Gasteiger partial charge in [0.2, 0.25) is 0 Å². The molecule has 0 aromatic carbocycles. The highest BCUT2D eigenvalue weighted by atomic mass is 16.6. The summed E-state index contributed by atoms with van der Waals surface area (Å²) in [6.45, 7) is 14.7. The Bertz CT molecular complexity index is 668. The van der Waals surface area contributed by atoms with Crippen LogP contribution in [0.4, 0.5) is 0 Å². The molecular formula is C19H28N2O4. The number of carbonyl (C=O) groups excluding carboxylic acids is 2. The second kappa shape index (κ2) is 4.97. The van der Waals surface area contributed by atoms with Crippen LogP contribution in [0.2, 0.25) is 0 Å². The van der Waals surface area contributed by atoms with E-state index in [1.54, 1.807) is 0 Å². The van der Waals surface area contributed by atoms with Gasteiger partial charge in [-0.05, 0) is 24.2 Å². The molecule has 5 unspecified atom stereocenters. The Balaban J connectivity index is 1.77. The zero-order chi connectivity index (χ0) is 19.0. The van der Waals surface area contributed by atoms with Crippen molar-refractivity contribution in [3.8, 4) is 6.07 Å². The molecule has 0 aromatic heterocycles. The molecule has 0 aliphatic carbocycles. The summed E-state index contributed by atoms with van der Waals surface area (Å²) in [4.78, 5) is 27.0. The average Bonchev–Trinajstić information content (AvgIpc) is 2.50. The van der Waals surface area contributed by atoms with E-state index in [1.807, 2.05) is 32.6 Å². The molecule has 3 aliphatic heterocycles. The first-order valence-electron chi connectivity index (χ1n) is 8.86. The molecule has 138 valence electrons. The van der Waals surface area contributed by atoms with Gasteiger partial charge in [0.05, 0.1) is 17.5 Å². The summed E-state index contributed by atoms with van der Waals surface area (Å²) < 4.78 is 11.2. The van der Waals surface area contributed by atoms with E-state index in [9.17, 15) is 14.9 Å². The molecule has 3 heterocycles. The molecule has 6 nitrogen and oxygen atoms in total. The van der Waals surface area contributed by atoms with Gasteiger partial charge in [-0.2, -0.15) is 5.26 Å². The largest absolute Gasteiger partial charge is 0.454 e. The predicted octanol–water partition coefficient (Wildman–Crippen LogP) is 2.48. The summed E-state index contributed by atoms with van der Waals surface area (Å²) in [6, 6.07) is 1.83. The van der Waals surface area contributed by atoms with Crippen LogP contribution in [-0.2, 0) is 19.1 Å². The first kappa shape index (κ1) is 18.2. The monoisotopic (exact) mass is 348 g/mol. The van der Waals surface area contributed by atoms with E-state index in [4.69, 9.17) is 9.47 Å². The highest BCUT2D eigenvalue weighted by Gasteiger charge is 2.79. The van der Waals surface area contributed by atoms with Crippen molar-refractivity contribution in [2.45, 2.75) is 73.3 Å². The molecule has 0 radical (unpaired) electrons. The van der Waals surface area contributed by atoms with Crippen LogP contribution in [0.1, 0.15) is 54.9 Å². The standard InChI is InChI=1S/C19H28N2O4/c1-16(2,3)8-18(7,17(4,5)6)14(22)25-13-11-12-19(9-20,10-21(12)13)15(23)24-11/h11-13H,8,10H2,1-7H3. The second-order valence-corrected chi connectivity index (χ2v) is 10.2. The molecule has 5 atom stereocenters. The summed E-state index contributed by atoms with van der Waals surface area (Å²) >= 11 is 0. The van der Waals surface area contributed by atoms with Gasteiger partial charge in [-0.25, -0.2) is 0 Å². The van der Waals surface area contributed by atoms with E-state index in [0.717, 1.165) is 0 Å². The lowest BCUT2D eigenvalue weighted by atomic mass is 9.61. The van der Waals surface area contributed by atoms with Gasteiger partial charge in [-0.15, -0.1) is 0 Å². The molecule has 0 N–H and O–H groups in total. The van der Waals surface area contributed by atoms with Crippen molar-refractivity contribution in [1.82, 2.24) is 4.90 Å². The topological polar surface area (TPSA) is 79.6 Å². The van der Waals surface area contributed by atoms with Crippen LogP contribution in [-0.4, -0.2) is 41.8 Å². The number of nitriles is 1. The molecule has 3 rings (SSSR count). The lowest BCUT2D eigenvalue weighted by molar-refractivity contribution is -0.267. The second-order valence-electron chi connectivity index (χ2n) is 10.2. The Labute approximate surface area is 149 Å². The zero-order valence-electron chi connectivity index (χ0n) is 16.2. The molecule has 0 saturated carbocycles. The Morgan fingerprint density at radius 3 is 2.40 bits per heavy atom. The van der Waals surface area contributed by atoms with Gasteiger partial charge in [0.25, 0.3) is 0 Å². The third-order valence-corrected chi connectivity index (χ3v) is 6.24. The predicted molar refractivity (Wildman–Crippen MR) is 89.9 cm³/mol. The van der Waals surface area contributed by atoms with Crippen LogP contribution in [0.3, 0.4) is 0 Å². The van der Waals surface area contributed by atoms with Gasteiger partial charge >= 0.3 is 11.9 Å². The number of esters is 2. The van der Waals surface area contributed by atoms with Gasteiger partial charge in [0, 0.05) is 6.54 Å². The summed E-state index contributed by atoms with van der Waals surface area (Å²) in [5.74, 6) is -0.746. The first-order chi connectivity index (χ1) is 11.3. The van der Waals surface area contributed by atoms with E-state index in [0.29, 0.717) is 6.42 Å². The molecule has 3 fully saturated rings. The molecule has 0 amide bonds. The van der Waals surface area contributed by atoms with E-state index in [-0.39, 0.29) is 29.4 Å². The number of hydrogen-bond donors (Lipinski definition) is 0. The highest BCUT2D eigenvalue weighted by molar-refractivity contribution is 5.87. The summed E-state index contributed by atoms with van der Waals surface area (Å²) in [5.41, 5.74) is -2.03. The van der Waals surface area contributed by atoms with Crippen molar-refractivity contribution in [3.63, 3.8) is 0 Å². The fourth-order valence-electron chi connectivity index (χ4n) is 4.37. The maximum absolute atomic E-state index is 13.1. The number of rotatable bonds is 3. The quantitative estimate of drug-likeness (QED) is 0.729. The van der Waals surface area contributed by atoms with E-state index < -0.39 is 29.1 Å². The number of carbonyl (C=O) groups is 2. The molecule has 0 aromatic rings. The first-order valence-corrected chi connectivity index (χ1v) is 8.86. The van der Waals surface area contributed by atoms with E-state index in [2.05, 4.69) is 26.8 Å². The third-order valence-electron chi connectivity index (χ3n) is 6.24. The minimum atomic E-state index is -1.05. The van der Waals surface area contributed by atoms with Crippen LogP contribution >= 0.6 is 0 Å². The van der Waals surface area contributed by atoms with Crippen molar-refractivity contribution < 1.29 is 19.1 Å². The smallest absolute Gasteiger partial charge is 0.330 e. The average molecular weight is 348 g/mol. The molecule has 6 heteroatoms. The van der Waals surface area contributed by atoms with Crippen molar-refractivity contribution in [2.75, 3.05) is 6.54 Å². The van der Waals surface area contributed by atoms with Crippen molar-refractivity contribution in [2.24, 2.45) is 21.7 Å². The fraction of sp³-hybridized carbons (Fsp3) is 0.842. The summed E-state index contributed by atoms with van der Waals surface area (Å²) in [5, 5.41) is 9.30. The Hall–Kier alpha value is -1.61. The maximum atomic E-state index is 13.1. The third kappa shape index (κ3) is 2.32. The van der Waals surface area contributed by atoms with Crippen molar-refractivity contribution in [3.05, 3.63) is 0 Å². The molecule has 25 heavy (non-hydrogen) atoms.